The van der Waals surface area contributed by atoms with Gasteiger partial charge in [0.25, 0.3) is 0 Å². The van der Waals surface area contributed by atoms with Crippen molar-refractivity contribution in [1.82, 2.24) is 0 Å². The summed E-state index contributed by atoms with van der Waals surface area (Å²) in [6, 6.07) is 20.9. The van der Waals surface area contributed by atoms with Gasteiger partial charge in [0.1, 0.15) is 11.3 Å². The molecule has 0 aliphatic heterocycles. The Morgan fingerprint density at radius 1 is 0.889 bits per heavy atom. The summed E-state index contributed by atoms with van der Waals surface area (Å²) in [6.45, 7) is 1.89. The minimum atomic E-state index is -0.381. The molecule has 3 aromatic carbocycles. The normalized spacial score (nSPS) is 10.9. The Morgan fingerprint density at radius 3 is 2.22 bits per heavy atom. The molecule has 0 amide bonds. The van der Waals surface area contributed by atoms with Crippen molar-refractivity contribution in [2.24, 2.45) is 0 Å². The van der Waals surface area contributed by atoms with Crippen molar-refractivity contribution in [2.75, 3.05) is 7.11 Å². The quantitative estimate of drug-likeness (QED) is 0.406. The van der Waals surface area contributed by atoms with E-state index in [1.165, 1.54) is 0 Å². The van der Waals surface area contributed by atoms with E-state index in [-0.39, 0.29) is 5.63 Å². The minimum Gasteiger partial charge on any atom is -0.497 e. The highest BCUT2D eigenvalue weighted by molar-refractivity contribution is 6.32. The highest BCUT2D eigenvalue weighted by atomic mass is 35.5. The van der Waals surface area contributed by atoms with Gasteiger partial charge < -0.3 is 9.15 Å². The summed E-state index contributed by atoms with van der Waals surface area (Å²) in [5.41, 5.74) is 4.03. The third-order valence-electron chi connectivity index (χ3n) is 4.63. The lowest BCUT2D eigenvalue weighted by molar-refractivity contribution is 0.415. The zero-order valence-corrected chi connectivity index (χ0v) is 15.7. The summed E-state index contributed by atoms with van der Waals surface area (Å²) < 4.78 is 10.9. The van der Waals surface area contributed by atoms with E-state index in [2.05, 4.69) is 0 Å². The van der Waals surface area contributed by atoms with Gasteiger partial charge in [-0.1, -0.05) is 54.1 Å². The first-order valence-electron chi connectivity index (χ1n) is 8.55. The number of hydrogen-bond acceptors (Lipinski definition) is 3. The van der Waals surface area contributed by atoms with Crippen LogP contribution in [0.2, 0.25) is 5.02 Å². The molecule has 0 saturated carbocycles. The zero-order valence-electron chi connectivity index (χ0n) is 15.0. The second-order valence-electron chi connectivity index (χ2n) is 6.33. The van der Waals surface area contributed by atoms with Gasteiger partial charge in [-0.25, -0.2) is 4.79 Å². The molecule has 0 aliphatic carbocycles. The molecule has 4 heteroatoms. The van der Waals surface area contributed by atoms with Crippen LogP contribution in [0.1, 0.15) is 5.56 Å². The maximum Gasteiger partial charge on any atom is 0.344 e. The van der Waals surface area contributed by atoms with E-state index in [1.807, 2.05) is 73.7 Å². The number of halogens is 1. The average Bonchev–Trinajstić information content (AvgIpc) is 2.69. The van der Waals surface area contributed by atoms with Gasteiger partial charge in [-0.15, -0.1) is 0 Å². The Bertz CT molecular complexity index is 1180. The Morgan fingerprint density at radius 2 is 1.56 bits per heavy atom. The van der Waals surface area contributed by atoms with Crippen LogP contribution in [0, 0.1) is 6.92 Å². The molecule has 0 radical (unpaired) electrons. The topological polar surface area (TPSA) is 39.4 Å². The summed E-state index contributed by atoms with van der Waals surface area (Å²) in [4.78, 5) is 12.9. The second kappa shape index (κ2) is 6.93. The molecule has 1 heterocycles. The van der Waals surface area contributed by atoms with Crippen molar-refractivity contribution >= 4 is 22.6 Å². The Balaban J connectivity index is 2.12. The molecule has 4 rings (SSSR count). The Kier molecular flexibility index (Phi) is 4.46. The second-order valence-corrected chi connectivity index (χ2v) is 6.74. The molecule has 1 aromatic heterocycles. The highest BCUT2D eigenvalue weighted by Gasteiger charge is 2.19. The van der Waals surface area contributed by atoms with Crippen molar-refractivity contribution in [3.8, 4) is 28.0 Å². The van der Waals surface area contributed by atoms with E-state index in [1.54, 1.807) is 7.11 Å². The lowest BCUT2D eigenvalue weighted by atomic mass is 9.92. The number of aryl methyl sites for hydroxylation is 1. The predicted molar refractivity (Wildman–Crippen MR) is 110 cm³/mol. The highest BCUT2D eigenvalue weighted by Crippen LogP contribution is 2.38. The number of hydrogen-bond donors (Lipinski definition) is 0. The monoisotopic (exact) mass is 376 g/mol. The number of fused-ring (bicyclic) bond motifs is 1. The van der Waals surface area contributed by atoms with Gasteiger partial charge >= 0.3 is 5.63 Å². The van der Waals surface area contributed by atoms with Gasteiger partial charge in [0.05, 0.1) is 12.7 Å². The third kappa shape index (κ3) is 3.11. The van der Waals surface area contributed by atoms with Gasteiger partial charge in [-0.3, -0.25) is 0 Å². The van der Waals surface area contributed by atoms with Gasteiger partial charge in [-0.2, -0.15) is 0 Å². The number of ether oxygens (including phenoxy) is 1. The van der Waals surface area contributed by atoms with Crippen LogP contribution >= 0.6 is 11.6 Å². The van der Waals surface area contributed by atoms with Crippen LogP contribution in [0.4, 0.5) is 0 Å². The van der Waals surface area contributed by atoms with E-state index in [0.717, 1.165) is 33.4 Å². The summed E-state index contributed by atoms with van der Waals surface area (Å²) in [5.74, 6) is 0.726. The van der Waals surface area contributed by atoms with Gasteiger partial charge in [0, 0.05) is 16.0 Å². The fraction of sp³-hybridized carbons (Fsp3) is 0.0870. The molecule has 4 aromatic rings. The first-order valence-corrected chi connectivity index (χ1v) is 8.93. The van der Waals surface area contributed by atoms with Crippen molar-refractivity contribution in [1.29, 1.82) is 0 Å². The van der Waals surface area contributed by atoms with Crippen LogP contribution in [-0.4, -0.2) is 7.11 Å². The molecular weight excluding hydrogens is 360 g/mol. The first kappa shape index (κ1) is 17.4. The van der Waals surface area contributed by atoms with E-state index in [0.29, 0.717) is 16.2 Å². The lowest BCUT2D eigenvalue weighted by Crippen LogP contribution is -2.06. The molecule has 0 N–H and O–H groups in total. The molecule has 0 spiro atoms. The van der Waals surface area contributed by atoms with E-state index in [4.69, 9.17) is 20.8 Å². The average molecular weight is 377 g/mol. The summed E-state index contributed by atoms with van der Waals surface area (Å²) in [5, 5.41) is 1.44. The number of benzene rings is 3. The van der Waals surface area contributed by atoms with E-state index < -0.39 is 0 Å². The van der Waals surface area contributed by atoms with Gasteiger partial charge in [0.2, 0.25) is 0 Å². The molecule has 27 heavy (non-hydrogen) atoms. The molecule has 0 atom stereocenters. The van der Waals surface area contributed by atoms with Crippen molar-refractivity contribution in [3.05, 3.63) is 87.7 Å². The van der Waals surface area contributed by atoms with Crippen LogP contribution in [0.15, 0.2) is 75.9 Å². The third-order valence-corrected chi connectivity index (χ3v) is 5.04. The van der Waals surface area contributed by atoms with Crippen molar-refractivity contribution in [3.63, 3.8) is 0 Å². The minimum absolute atomic E-state index is 0.381. The van der Waals surface area contributed by atoms with Crippen LogP contribution in [0.3, 0.4) is 0 Å². The molecule has 134 valence electrons. The SMILES string of the molecule is COc1ccc(-c2c(-c3ccccc3)c3cc(Cl)c(C)cc3oc2=O)cc1. The van der Waals surface area contributed by atoms with E-state index in [9.17, 15) is 4.79 Å². The number of methoxy groups -OCH3 is 1. The van der Waals surface area contributed by atoms with Crippen LogP contribution < -0.4 is 10.4 Å². The van der Waals surface area contributed by atoms with Crippen LogP contribution in [-0.2, 0) is 0 Å². The molecule has 3 nitrogen and oxygen atoms in total. The predicted octanol–water partition coefficient (Wildman–Crippen LogP) is 6.10. The van der Waals surface area contributed by atoms with Gasteiger partial charge in [-0.05, 0) is 47.9 Å². The largest absolute Gasteiger partial charge is 0.497 e. The zero-order chi connectivity index (χ0) is 19.0. The van der Waals surface area contributed by atoms with Crippen LogP contribution in [0.5, 0.6) is 5.75 Å². The molecule has 0 bridgehead atoms. The smallest absolute Gasteiger partial charge is 0.344 e. The molecule has 0 unspecified atom stereocenters. The standard InChI is InChI=1S/C23H17ClO3/c1-14-12-20-18(13-19(14)24)21(15-6-4-3-5-7-15)22(23(25)27-20)16-8-10-17(26-2)11-9-16/h3-13H,1-2H3. The fourth-order valence-electron chi connectivity index (χ4n) is 3.25. The summed E-state index contributed by atoms with van der Waals surface area (Å²) in [6.07, 6.45) is 0. The van der Waals surface area contributed by atoms with Gasteiger partial charge in [0.15, 0.2) is 0 Å². The van der Waals surface area contributed by atoms with Crippen molar-refractivity contribution in [2.45, 2.75) is 6.92 Å². The van der Waals surface area contributed by atoms with Crippen LogP contribution in [0.25, 0.3) is 33.2 Å². The molecule has 0 fully saturated rings. The summed E-state index contributed by atoms with van der Waals surface area (Å²) >= 11 is 6.39. The summed E-state index contributed by atoms with van der Waals surface area (Å²) in [7, 11) is 1.61. The van der Waals surface area contributed by atoms with E-state index >= 15 is 0 Å². The Labute approximate surface area is 161 Å². The molecule has 0 aliphatic rings. The molecule has 0 saturated heterocycles. The Hall–Kier alpha value is -3.04. The maximum absolute atomic E-state index is 12.9. The number of rotatable bonds is 3. The fourth-order valence-corrected chi connectivity index (χ4v) is 3.41. The maximum atomic E-state index is 12.9. The van der Waals surface area contributed by atoms with Crippen molar-refractivity contribution < 1.29 is 9.15 Å². The molecular formula is C23H17ClO3. The lowest BCUT2D eigenvalue weighted by Gasteiger charge is -2.13. The first-order chi connectivity index (χ1) is 13.1.